The number of anilines is 2. The minimum absolute atomic E-state index is 0.155. The molecule has 1 aromatic rings. The molecule has 1 atom stereocenters. The Morgan fingerprint density at radius 3 is 2.70 bits per heavy atom. The first-order valence-electron chi connectivity index (χ1n) is 7.32. The maximum absolute atomic E-state index is 13.6. The Morgan fingerprint density at radius 1 is 1.25 bits per heavy atom. The lowest BCUT2D eigenvalue weighted by Gasteiger charge is -2.16. The minimum atomic E-state index is -0.453. The molecule has 0 fully saturated rings. The monoisotopic (exact) mass is 284 g/mol. The number of nitrogens with zero attached hydrogens (tertiary/aromatic N) is 2. The van der Waals surface area contributed by atoms with Crippen LogP contribution in [-0.2, 0) is 0 Å². The van der Waals surface area contributed by atoms with E-state index in [1.165, 1.54) is 6.20 Å². The van der Waals surface area contributed by atoms with Crippen molar-refractivity contribution in [3.8, 4) is 0 Å². The molecular weight excluding hydrogens is 259 g/mol. The van der Waals surface area contributed by atoms with Crippen LogP contribution in [0.5, 0.6) is 0 Å². The number of hydrogen-bond donors (Lipinski definition) is 3. The molecule has 20 heavy (non-hydrogen) atoms. The molecule has 0 amide bonds. The smallest absolute Gasteiger partial charge is 0.224 e. The fraction of sp³-hybridized carbons (Fsp3) is 0.714. The SMILES string of the molecule is CCCNc1ncc(F)c(NCC(CCC)CCO)n1. The summed E-state index contributed by atoms with van der Waals surface area (Å²) in [7, 11) is 0. The third kappa shape index (κ3) is 5.69. The number of aliphatic hydroxyl groups is 1. The Morgan fingerprint density at radius 2 is 2.05 bits per heavy atom. The normalized spacial score (nSPS) is 12.2. The minimum Gasteiger partial charge on any atom is -0.396 e. The first-order valence-corrected chi connectivity index (χ1v) is 7.32. The molecular formula is C14H25FN4O. The molecule has 3 N–H and O–H groups in total. The number of hydrogen-bond acceptors (Lipinski definition) is 5. The molecule has 0 bridgehead atoms. The van der Waals surface area contributed by atoms with E-state index >= 15 is 0 Å². The number of aliphatic hydroxyl groups excluding tert-OH is 1. The van der Waals surface area contributed by atoms with E-state index in [0.29, 0.717) is 24.8 Å². The Labute approximate surface area is 120 Å². The van der Waals surface area contributed by atoms with Crippen molar-refractivity contribution in [1.29, 1.82) is 0 Å². The molecule has 0 radical (unpaired) electrons. The van der Waals surface area contributed by atoms with Crippen molar-refractivity contribution in [2.24, 2.45) is 5.92 Å². The molecule has 0 aliphatic heterocycles. The van der Waals surface area contributed by atoms with E-state index in [0.717, 1.165) is 25.8 Å². The summed E-state index contributed by atoms with van der Waals surface area (Å²) >= 11 is 0. The zero-order valence-electron chi connectivity index (χ0n) is 12.3. The van der Waals surface area contributed by atoms with Crippen LogP contribution in [0.4, 0.5) is 16.2 Å². The second kappa shape index (κ2) is 9.47. The molecule has 0 aliphatic rings. The molecule has 0 saturated heterocycles. The predicted octanol–water partition coefficient (Wildman–Crippen LogP) is 2.65. The van der Waals surface area contributed by atoms with Gasteiger partial charge >= 0.3 is 0 Å². The molecule has 5 nitrogen and oxygen atoms in total. The summed E-state index contributed by atoms with van der Waals surface area (Å²) in [6, 6.07) is 0. The fourth-order valence-corrected chi connectivity index (χ4v) is 1.99. The van der Waals surface area contributed by atoms with Gasteiger partial charge in [0.2, 0.25) is 5.95 Å². The second-order valence-corrected chi connectivity index (χ2v) is 4.86. The van der Waals surface area contributed by atoms with Crippen molar-refractivity contribution in [3.05, 3.63) is 12.0 Å². The molecule has 1 heterocycles. The van der Waals surface area contributed by atoms with Gasteiger partial charge in [0.05, 0.1) is 6.20 Å². The largest absolute Gasteiger partial charge is 0.396 e. The number of aromatic nitrogens is 2. The summed E-state index contributed by atoms with van der Waals surface area (Å²) < 4.78 is 13.6. The maximum atomic E-state index is 13.6. The van der Waals surface area contributed by atoms with Crippen LogP contribution in [0.15, 0.2) is 6.20 Å². The summed E-state index contributed by atoms with van der Waals surface area (Å²) in [5.41, 5.74) is 0. The summed E-state index contributed by atoms with van der Waals surface area (Å²) in [5, 5.41) is 15.1. The Balaban J connectivity index is 2.60. The van der Waals surface area contributed by atoms with Gasteiger partial charge in [0.1, 0.15) is 0 Å². The van der Waals surface area contributed by atoms with Crippen LogP contribution >= 0.6 is 0 Å². The van der Waals surface area contributed by atoms with Crippen molar-refractivity contribution in [2.75, 3.05) is 30.3 Å². The first kappa shape index (κ1) is 16.6. The summed E-state index contributed by atoms with van der Waals surface area (Å²) in [4.78, 5) is 8.03. The molecule has 1 rings (SSSR count). The summed E-state index contributed by atoms with van der Waals surface area (Å²) in [6.45, 7) is 5.66. The van der Waals surface area contributed by atoms with Gasteiger partial charge in [-0.25, -0.2) is 9.37 Å². The van der Waals surface area contributed by atoms with Crippen molar-refractivity contribution >= 4 is 11.8 Å². The van der Waals surface area contributed by atoms with Crippen LogP contribution in [0.2, 0.25) is 0 Å². The summed E-state index contributed by atoms with van der Waals surface area (Å²) in [5.74, 6) is 0.528. The van der Waals surface area contributed by atoms with Crippen LogP contribution in [0.3, 0.4) is 0 Å². The Bertz CT molecular complexity index is 383. The lowest BCUT2D eigenvalue weighted by atomic mass is 10.0. The highest BCUT2D eigenvalue weighted by molar-refractivity contribution is 5.41. The van der Waals surface area contributed by atoms with Gasteiger partial charge in [-0.2, -0.15) is 4.98 Å². The van der Waals surface area contributed by atoms with E-state index in [2.05, 4.69) is 27.5 Å². The van der Waals surface area contributed by atoms with E-state index in [1.807, 2.05) is 6.92 Å². The van der Waals surface area contributed by atoms with Gasteiger partial charge in [-0.05, 0) is 25.2 Å². The topological polar surface area (TPSA) is 70.1 Å². The van der Waals surface area contributed by atoms with Crippen molar-refractivity contribution in [1.82, 2.24) is 9.97 Å². The lowest BCUT2D eigenvalue weighted by molar-refractivity contribution is 0.255. The molecule has 0 aromatic carbocycles. The molecule has 114 valence electrons. The summed E-state index contributed by atoms with van der Waals surface area (Å²) in [6.07, 6.45) is 4.89. The second-order valence-electron chi connectivity index (χ2n) is 4.86. The number of rotatable bonds is 10. The zero-order chi connectivity index (χ0) is 14.8. The molecule has 1 aromatic heterocycles. The van der Waals surface area contributed by atoms with Gasteiger partial charge < -0.3 is 15.7 Å². The highest BCUT2D eigenvalue weighted by atomic mass is 19.1. The Kier molecular flexibility index (Phi) is 7.87. The van der Waals surface area contributed by atoms with Gasteiger partial charge in [-0.15, -0.1) is 0 Å². The third-order valence-corrected chi connectivity index (χ3v) is 3.07. The van der Waals surface area contributed by atoms with Crippen molar-refractivity contribution in [3.63, 3.8) is 0 Å². The van der Waals surface area contributed by atoms with E-state index in [9.17, 15) is 4.39 Å². The van der Waals surface area contributed by atoms with Crippen molar-refractivity contribution < 1.29 is 9.50 Å². The fourth-order valence-electron chi connectivity index (χ4n) is 1.99. The highest BCUT2D eigenvalue weighted by Crippen LogP contribution is 2.15. The van der Waals surface area contributed by atoms with E-state index in [4.69, 9.17) is 5.11 Å². The zero-order valence-corrected chi connectivity index (χ0v) is 12.3. The van der Waals surface area contributed by atoms with Gasteiger partial charge in [0, 0.05) is 19.7 Å². The maximum Gasteiger partial charge on any atom is 0.224 e. The molecule has 0 saturated carbocycles. The first-order chi connectivity index (χ1) is 9.71. The van der Waals surface area contributed by atoms with Crippen LogP contribution in [0.25, 0.3) is 0 Å². The average molecular weight is 284 g/mol. The van der Waals surface area contributed by atoms with E-state index in [-0.39, 0.29) is 12.4 Å². The Hall–Kier alpha value is -1.43. The van der Waals surface area contributed by atoms with Crippen LogP contribution in [-0.4, -0.2) is 34.8 Å². The molecule has 6 heteroatoms. The van der Waals surface area contributed by atoms with Crippen LogP contribution in [0.1, 0.15) is 39.5 Å². The van der Waals surface area contributed by atoms with E-state index < -0.39 is 5.82 Å². The molecule has 1 unspecified atom stereocenters. The highest BCUT2D eigenvalue weighted by Gasteiger charge is 2.11. The van der Waals surface area contributed by atoms with Crippen LogP contribution < -0.4 is 10.6 Å². The van der Waals surface area contributed by atoms with Gasteiger partial charge in [-0.3, -0.25) is 0 Å². The predicted molar refractivity (Wildman–Crippen MR) is 79.4 cm³/mol. The standard InChI is InChI=1S/C14H25FN4O/c1-3-5-11(6-8-20)9-17-13-12(15)10-18-14(19-13)16-7-4-2/h10-11,20H,3-9H2,1-2H3,(H2,16,17,18,19). The van der Waals surface area contributed by atoms with Gasteiger partial charge in [0.15, 0.2) is 11.6 Å². The number of halogens is 1. The van der Waals surface area contributed by atoms with E-state index in [1.54, 1.807) is 0 Å². The van der Waals surface area contributed by atoms with Gasteiger partial charge in [-0.1, -0.05) is 20.3 Å². The van der Waals surface area contributed by atoms with Gasteiger partial charge in [0.25, 0.3) is 0 Å². The molecule has 0 aliphatic carbocycles. The van der Waals surface area contributed by atoms with Crippen molar-refractivity contribution in [2.45, 2.75) is 39.5 Å². The number of nitrogens with one attached hydrogen (secondary N) is 2. The lowest BCUT2D eigenvalue weighted by Crippen LogP contribution is -2.18. The quantitative estimate of drug-likeness (QED) is 0.616. The van der Waals surface area contributed by atoms with Crippen LogP contribution in [0, 0.1) is 11.7 Å². The average Bonchev–Trinajstić information content (AvgIpc) is 2.45. The molecule has 0 spiro atoms. The third-order valence-electron chi connectivity index (χ3n) is 3.07.